The van der Waals surface area contributed by atoms with Crippen molar-refractivity contribution < 1.29 is 24.0 Å². The predicted molar refractivity (Wildman–Crippen MR) is 128 cm³/mol. The summed E-state index contributed by atoms with van der Waals surface area (Å²) in [4.78, 5) is 33.7. The first-order chi connectivity index (χ1) is 16.3. The Morgan fingerprint density at radius 1 is 1.09 bits per heavy atom. The van der Waals surface area contributed by atoms with Gasteiger partial charge in [-0.1, -0.05) is 48.5 Å². The summed E-state index contributed by atoms with van der Waals surface area (Å²) in [6.07, 6.45) is 1.31. The third-order valence-corrected chi connectivity index (χ3v) is 4.42. The topological polar surface area (TPSA) is 95.7 Å². The molecule has 0 bridgehead atoms. The standard InChI is InChI=1S/C27H25NO6/c1-21(20-33-22(2)29)10-9-15-26(14-8-4-7-13-23-11-5-3-6-12-23)34-27(30)24-16-18-25(19-17-24)28(31)32/h3,5-6,11-12,16-19,26H,1,4,8,10,14,20H2,2H3. The van der Waals surface area contributed by atoms with Gasteiger partial charge in [-0.15, -0.1) is 0 Å². The van der Waals surface area contributed by atoms with Crippen LogP contribution in [0.3, 0.4) is 0 Å². The Labute approximate surface area is 198 Å². The van der Waals surface area contributed by atoms with Crippen molar-refractivity contribution in [2.24, 2.45) is 0 Å². The molecule has 2 aromatic carbocycles. The smallest absolute Gasteiger partial charge is 0.339 e. The Morgan fingerprint density at radius 3 is 2.44 bits per heavy atom. The lowest BCUT2D eigenvalue weighted by molar-refractivity contribution is -0.384. The van der Waals surface area contributed by atoms with Crippen LogP contribution in [0.15, 0.2) is 66.7 Å². The van der Waals surface area contributed by atoms with E-state index in [1.54, 1.807) is 0 Å². The molecule has 7 nitrogen and oxygen atoms in total. The van der Waals surface area contributed by atoms with Gasteiger partial charge in [-0.3, -0.25) is 14.9 Å². The number of ether oxygens (including phenoxy) is 2. The number of nitro benzene ring substituents is 1. The molecule has 1 atom stereocenters. The number of hydrogen-bond donors (Lipinski definition) is 0. The fourth-order valence-electron chi connectivity index (χ4n) is 2.68. The van der Waals surface area contributed by atoms with Gasteiger partial charge < -0.3 is 9.47 Å². The number of nitro groups is 1. The van der Waals surface area contributed by atoms with E-state index in [0.717, 1.165) is 5.56 Å². The van der Waals surface area contributed by atoms with Crippen LogP contribution in [0.2, 0.25) is 0 Å². The number of nitrogens with zero attached hydrogens (tertiary/aromatic N) is 1. The molecule has 0 heterocycles. The van der Waals surface area contributed by atoms with Crippen LogP contribution in [0.1, 0.15) is 48.5 Å². The summed E-state index contributed by atoms with van der Waals surface area (Å²) >= 11 is 0. The molecular formula is C27H25NO6. The van der Waals surface area contributed by atoms with Crippen LogP contribution >= 0.6 is 0 Å². The number of carbonyl (C=O) groups is 2. The van der Waals surface area contributed by atoms with Crippen LogP contribution in [-0.2, 0) is 14.3 Å². The Balaban J connectivity index is 1.99. The van der Waals surface area contributed by atoms with Crippen molar-refractivity contribution in [2.45, 2.75) is 38.7 Å². The summed E-state index contributed by atoms with van der Waals surface area (Å²) in [6, 6.07) is 14.8. The summed E-state index contributed by atoms with van der Waals surface area (Å²) in [5.41, 5.74) is 1.63. The SMILES string of the molecule is C=C(CC#CC(CCCC#Cc1ccccc1)OC(=O)c1ccc([N+](=O)[O-])cc1)COC(C)=O. The molecule has 0 radical (unpaired) electrons. The van der Waals surface area contributed by atoms with Crippen molar-refractivity contribution in [1.29, 1.82) is 0 Å². The van der Waals surface area contributed by atoms with Gasteiger partial charge in [-0.05, 0) is 42.7 Å². The zero-order valence-electron chi connectivity index (χ0n) is 18.9. The molecule has 2 aromatic rings. The maximum absolute atomic E-state index is 12.5. The highest BCUT2D eigenvalue weighted by molar-refractivity contribution is 5.89. The molecule has 34 heavy (non-hydrogen) atoms. The molecule has 0 spiro atoms. The van der Waals surface area contributed by atoms with E-state index >= 15 is 0 Å². The molecule has 0 saturated heterocycles. The van der Waals surface area contributed by atoms with Crippen molar-refractivity contribution in [3.63, 3.8) is 0 Å². The third kappa shape index (κ3) is 9.84. The second kappa shape index (κ2) is 13.9. The fraction of sp³-hybridized carbons (Fsp3) is 0.259. The maximum atomic E-state index is 12.5. The first-order valence-electron chi connectivity index (χ1n) is 10.6. The van der Waals surface area contributed by atoms with E-state index < -0.39 is 23.0 Å². The zero-order valence-corrected chi connectivity index (χ0v) is 18.9. The molecule has 1 unspecified atom stereocenters. The van der Waals surface area contributed by atoms with Gasteiger partial charge in [-0.2, -0.15) is 0 Å². The second-order valence-corrected chi connectivity index (χ2v) is 7.29. The van der Waals surface area contributed by atoms with Gasteiger partial charge >= 0.3 is 11.9 Å². The number of non-ortho nitro benzene ring substituents is 1. The van der Waals surface area contributed by atoms with Crippen molar-refractivity contribution in [1.82, 2.24) is 0 Å². The Kier molecular flexibility index (Phi) is 10.6. The predicted octanol–water partition coefficient (Wildman–Crippen LogP) is 4.86. The number of hydrogen-bond acceptors (Lipinski definition) is 6. The molecule has 2 rings (SSSR count). The van der Waals surface area contributed by atoms with E-state index in [4.69, 9.17) is 9.47 Å². The van der Waals surface area contributed by atoms with Crippen molar-refractivity contribution in [2.75, 3.05) is 6.61 Å². The van der Waals surface area contributed by atoms with E-state index in [1.165, 1.54) is 31.2 Å². The quantitative estimate of drug-likeness (QED) is 0.133. The van der Waals surface area contributed by atoms with Gasteiger partial charge in [0.15, 0.2) is 6.10 Å². The average Bonchev–Trinajstić information content (AvgIpc) is 2.83. The van der Waals surface area contributed by atoms with E-state index in [0.29, 0.717) is 24.8 Å². The van der Waals surface area contributed by atoms with E-state index in [1.807, 2.05) is 30.3 Å². The van der Waals surface area contributed by atoms with E-state index in [-0.39, 0.29) is 24.3 Å². The van der Waals surface area contributed by atoms with Crippen LogP contribution in [0, 0.1) is 33.8 Å². The maximum Gasteiger partial charge on any atom is 0.339 e. The molecule has 0 fully saturated rings. The largest absolute Gasteiger partial charge is 0.461 e. The van der Waals surface area contributed by atoms with Crippen LogP contribution in [0.5, 0.6) is 0 Å². The number of carbonyl (C=O) groups excluding carboxylic acids is 2. The van der Waals surface area contributed by atoms with E-state index in [2.05, 4.69) is 30.3 Å². The average molecular weight is 459 g/mol. The minimum absolute atomic E-state index is 0.0757. The molecule has 174 valence electrons. The fourth-order valence-corrected chi connectivity index (χ4v) is 2.68. The van der Waals surface area contributed by atoms with Crippen LogP contribution < -0.4 is 0 Å². The Hall–Kier alpha value is -4.36. The van der Waals surface area contributed by atoms with Crippen LogP contribution in [0.25, 0.3) is 0 Å². The van der Waals surface area contributed by atoms with Gasteiger partial charge in [0.05, 0.1) is 10.5 Å². The molecule has 0 aliphatic heterocycles. The Bertz CT molecular complexity index is 1130. The number of rotatable bonds is 9. The summed E-state index contributed by atoms with van der Waals surface area (Å²) in [5.74, 6) is 11.0. The lowest BCUT2D eigenvalue weighted by atomic mass is 10.1. The van der Waals surface area contributed by atoms with Gasteiger partial charge in [-0.25, -0.2) is 4.79 Å². The van der Waals surface area contributed by atoms with Crippen LogP contribution in [0.4, 0.5) is 5.69 Å². The van der Waals surface area contributed by atoms with Crippen molar-refractivity contribution >= 4 is 17.6 Å². The normalized spacial score (nSPS) is 10.5. The van der Waals surface area contributed by atoms with Gasteiger partial charge in [0.1, 0.15) is 6.61 Å². The molecule has 0 aliphatic rings. The van der Waals surface area contributed by atoms with Gasteiger partial charge in [0.2, 0.25) is 0 Å². The first kappa shape index (κ1) is 25.9. The van der Waals surface area contributed by atoms with Crippen molar-refractivity contribution in [3.8, 4) is 23.7 Å². The lowest BCUT2D eigenvalue weighted by Gasteiger charge is -2.12. The summed E-state index contributed by atoms with van der Waals surface area (Å²) < 4.78 is 10.4. The third-order valence-electron chi connectivity index (χ3n) is 4.42. The molecule has 7 heteroatoms. The van der Waals surface area contributed by atoms with Gasteiger partial charge in [0.25, 0.3) is 5.69 Å². The Morgan fingerprint density at radius 2 is 1.79 bits per heavy atom. The van der Waals surface area contributed by atoms with Gasteiger partial charge in [0, 0.05) is 37.5 Å². The first-order valence-corrected chi connectivity index (χ1v) is 10.6. The second-order valence-electron chi connectivity index (χ2n) is 7.29. The molecule has 0 N–H and O–H groups in total. The summed E-state index contributed by atoms with van der Waals surface area (Å²) in [7, 11) is 0. The van der Waals surface area contributed by atoms with Crippen LogP contribution in [-0.4, -0.2) is 29.6 Å². The molecular weight excluding hydrogens is 434 g/mol. The molecule has 0 aromatic heterocycles. The molecule has 0 amide bonds. The molecule has 0 saturated carbocycles. The highest BCUT2D eigenvalue weighted by atomic mass is 16.6. The highest BCUT2D eigenvalue weighted by Gasteiger charge is 2.15. The zero-order chi connectivity index (χ0) is 24.8. The minimum atomic E-state index is -0.692. The van der Waals surface area contributed by atoms with E-state index in [9.17, 15) is 19.7 Å². The summed E-state index contributed by atoms with van der Waals surface area (Å²) in [6.45, 7) is 5.20. The lowest BCUT2D eigenvalue weighted by Crippen LogP contribution is -2.17. The molecule has 0 aliphatic carbocycles. The number of benzene rings is 2. The van der Waals surface area contributed by atoms with Crippen molar-refractivity contribution in [3.05, 3.63) is 88.0 Å². The monoisotopic (exact) mass is 459 g/mol. The number of unbranched alkanes of at least 4 members (excludes halogenated alkanes) is 1. The minimum Gasteiger partial charge on any atom is -0.461 e. The summed E-state index contributed by atoms with van der Waals surface area (Å²) in [5, 5.41) is 10.8. The highest BCUT2D eigenvalue weighted by Crippen LogP contribution is 2.14. The number of esters is 2.